The van der Waals surface area contributed by atoms with Crippen molar-refractivity contribution in [2.24, 2.45) is 0 Å². The number of ether oxygens (including phenoxy) is 2. The molecule has 0 bridgehead atoms. The van der Waals surface area contributed by atoms with Gasteiger partial charge in [0.1, 0.15) is 11.5 Å². The zero-order valence-electron chi connectivity index (χ0n) is 12.5. The number of halogens is 2. The lowest BCUT2D eigenvalue weighted by Gasteiger charge is -2.16. The molecule has 2 aromatic rings. The number of benzene rings is 2. The Kier molecular flexibility index (Phi) is 5.17. The van der Waals surface area contributed by atoms with Gasteiger partial charge < -0.3 is 9.47 Å². The molecule has 0 heterocycles. The van der Waals surface area contributed by atoms with Gasteiger partial charge in [-0.1, -0.05) is 33.6 Å². The van der Waals surface area contributed by atoms with Crippen molar-refractivity contribution < 1.29 is 9.47 Å². The highest BCUT2D eigenvalue weighted by Crippen LogP contribution is 2.39. The number of alkyl halides is 1. The SMILES string of the molecule is COc1cc(OC)cc(C(Br)c2cc(C)c(C)cc2Cl)c1. The molecule has 0 aliphatic rings. The first-order valence-corrected chi connectivity index (χ1v) is 7.89. The minimum atomic E-state index is -0.0201. The highest BCUT2D eigenvalue weighted by Gasteiger charge is 2.17. The Morgan fingerprint density at radius 2 is 1.43 bits per heavy atom. The van der Waals surface area contributed by atoms with E-state index in [4.69, 9.17) is 21.1 Å². The van der Waals surface area contributed by atoms with E-state index in [1.807, 2.05) is 24.3 Å². The second kappa shape index (κ2) is 6.71. The molecule has 0 aliphatic carbocycles. The molecule has 0 saturated heterocycles. The molecular formula is C17H18BrClO2. The maximum atomic E-state index is 6.40. The average molecular weight is 370 g/mol. The van der Waals surface area contributed by atoms with Gasteiger partial charge in [-0.05, 0) is 54.3 Å². The second-order valence-electron chi connectivity index (χ2n) is 4.97. The van der Waals surface area contributed by atoms with Crippen LogP contribution >= 0.6 is 27.5 Å². The predicted octanol–water partition coefficient (Wildman–Crippen LogP) is 5.46. The highest BCUT2D eigenvalue weighted by molar-refractivity contribution is 9.09. The quantitative estimate of drug-likeness (QED) is 0.666. The Morgan fingerprint density at radius 3 is 1.95 bits per heavy atom. The maximum Gasteiger partial charge on any atom is 0.122 e. The van der Waals surface area contributed by atoms with Crippen LogP contribution in [-0.4, -0.2) is 14.2 Å². The van der Waals surface area contributed by atoms with Crippen molar-refractivity contribution in [3.8, 4) is 11.5 Å². The van der Waals surface area contributed by atoms with Gasteiger partial charge in [0, 0.05) is 11.1 Å². The second-order valence-corrected chi connectivity index (χ2v) is 6.29. The molecule has 0 radical (unpaired) electrons. The first-order chi connectivity index (χ1) is 9.96. The molecule has 2 nitrogen and oxygen atoms in total. The fraction of sp³-hybridized carbons (Fsp3) is 0.294. The van der Waals surface area contributed by atoms with E-state index in [-0.39, 0.29) is 4.83 Å². The van der Waals surface area contributed by atoms with Crippen molar-refractivity contribution in [1.29, 1.82) is 0 Å². The lowest BCUT2D eigenvalue weighted by atomic mass is 10.00. The number of aryl methyl sites for hydroxylation is 2. The molecule has 0 saturated carbocycles. The van der Waals surface area contributed by atoms with Crippen molar-refractivity contribution in [3.05, 3.63) is 57.6 Å². The summed E-state index contributed by atoms with van der Waals surface area (Å²) >= 11 is 10.1. The molecule has 4 heteroatoms. The van der Waals surface area contributed by atoms with E-state index in [0.29, 0.717) is 0 Å². The number of hydrogen-bond donors (Lipinski definition) is 0. The van der Waals surface area contributed by atoms with Gasteiger partial charge in [-0.3, -0.25) is 0 Å². The van der Waals surface area contributed by atoms with Crippen LogP contribution in [0.15, 0.2) is 30.3 Å². The van der Waals surface area contributed by atoms with Crippen LogP contribution in [0.4, 0.5) is 0 Å². The van der Waals surface area contributed by atoms with Crippen molar-refractivity contribution in [2.45, 2.75) is 18.7 Å². The Hall–Kier alpha value is -1.19. The van der Waals surface area contributed by atoms with Crippen molar-refractivity contribution >= 4 is 27.5 Å². The molecule has 2 rings (SSSR count). The summed E-state index contributed by atoms with van der Waals surface area (Å²) < 4.78 is 10.6. The van der Waals surface area contributed by atoms with Gasteiger partial charge in [0.25, 0.3) is 0 Å². The standard InChI is InChI=1S/C17H18BrClO2/c1-10-5-15(16(19)6-11(10)2)17(18)12-7-13(20-3)9-14(8-12)21-4/h5-9,17H,1-4H3. The topological polar surface area (TPSA) is 18.5 Å². The largest absolute Gasteiger partial charge is 0.497 e. The first kappa shape index (κ1) is 16.2. The summed E-state index contributed by atoms with van der Waals surface area (Å²) in [5, 5.41) is 0.752. The van der Waals surface area contributed by atoms with Crippen LogP contribution < -0.4 is 9.47 Å². The zero-order chi connectivity index (χ0) is 15.6. The van der Waals surface area contributed by atoms with Crippen LogP contribution in [0.5, 0.6) is 11.5 Å². The molecular weight excluding hydrogens is 352 g/mol. The third-order valence-corrected chi connectivity index (χ3v) is 4.90. The van der Waals surface area contributed by atoms with Crippen LogP contribution in [0.3, 0.4) is 0 Å². The van der Waals surface area contributed by atoms with Crippen molar-refractivity contribution in [1.82, 2.24) is 0 Å². The van der Waals surface area contributed by atoms with E-state index in [9.17, 15) is 0 Å². The average Bonchev–Trinajstić information content (AvgIpc) is 2.49. The monoisotopic (exact) mass is 368 g/mol. The first-order valence-electron chi connectivity index (χ1n) is 6.60. The summed E-state index contributed by atoms with van der Waals surface area (Å²) in [4.78, 5) is -0.0201. The number of rotatable bonds is 4. The summed E-state index contributed by atoms with van der Waals surface area (Å²) in [6, 6.07) is 9.92. The molecule has 112 valence electrons. The molecule has 1 unspecified atom stereocenters. The molecule has 0 aromatic heterocycles. The Balaban J connectivity index is 2.49. The smallest absolute Gasteiger partial charge is 0.122 e. The van der Waals surface area contributed by atoms with E-state index in [2.05, 4.69) is 35.8 Å². The van der Waals surface area contributed by atoms with Gasteiger partial charge in [0.2, 0.25) is 0 Å². The Bertz CT molecular complexity index is 633. The molecule has 0 amide bonds. The van der Waals surface area contributed by atoms with E-state index >= 15 is 0 Å². The fourth-order valence-electron chi connectivity index (χ4n) is 2.15. The summed E-state index contributed by atoms with van der Waals surface area (Å²) in [7, 11) is 3.29. The Morgan fingerprint density at radius 1 is 0.905 bits per heavy atom. The van der Waals surface area contributed by atoms with Gasteiger partial charge in [0.15, 0.2) is 0 Å². The van der Waals surface area contributed by atoms with E-state index < -0.39 is 0 Å². The van der Waals surface area contributed by atoms with E-state index in [0.717, 1.165) is 27.6 Å². The van der Waals surface area contributed by atoms with Gasteiger partial charge in [-0.25, -0.2) is 0 Å². The highest BCUT2D eigenvalue weighted by atomic mass is 79.9. The third-order valence-electron chi connectivity index (χ3n) is 3.55. The Labute approximate surface area is 139 Å². The van der Waals surface area contributed by atoms with Crippen LogP contribution in [-0.2, 0) is 0 Å². The molecule has 1 atom stereocenters. The lowest BCUT2D eigenvalue weighted by Crippen LogP contribution is -1.98. The van der Waals surface area contributed by atoms with Gasteiger partial charge in [0.05, 0.1) is 19.0 Å². The van der Waals surface area contributed by atoms with E-state index in [1.165, 1.54) is 11.1 Å². The predicted molar refractivity (Wildman–Crippen MR) is 91.2 cm³/mol. The molecule has 21 heavy (non-hydrogen) atoms. The summed E-state index contributed by atoms with van der Waals surface area (Å²) in [5.74, 6) is 1.52. The van der Waals surface area contributed by atoms with Gasteiger partial charge >= 0.3 is 0 Å². The fourth-order valence-corrected chi connectivity index (χ4v) is 3.26. The van der Waals surface area contributed by atoms with Crippen LogP contribution in [0.2, 0.25) is 5.02 Å². The summed E-state index contributed by atoms with van der Waals surface area (Å²) in [6.45, 7) is 4.14. The minimum absolute atomic E-state index is 0.0201. The van der Waals surface area contributed by atoms with Crippen LogP contribution in [0, 0.1) is 13.8 Å². The minimum Gasteiger partial charge on any atom is -0.497 e. The van der Waals surface area contributed by atoms with Crippen LogP contribution in [0.25, 0.3) is 0 Å². The number of hydrogen-bond acceptors (Lipinski definition) is 2. The summed E-state index contributed by atoms with van der Waals surface area (Å²) in [5.41, 5.74) is 4.48. The molecule has 2 aromatic carbocycles. The van der Waals surface area contributed by atoms with E-state index in [1.54, 1.807) is 14.2 Å². The van der Waals surface area contributed by atoms with Crippen LogP contribution in [0.1, 0.15) is 27.1 Å². The van der Waals surface area contributed by atoms with Gasteiger partial charge in [-0.2, -0.15) is 0 Å². The number of methoxy groups -OCH3 is 2. The molecule has 0 spiro atoms. The van der Waals surface area contributed by atoms with Crippen molar-refractivity contribution in [2.75, 3.05) is 14.2 Å². The molecule has 0 N–H and O–H groups in total. The lowest BCUT2D eigenvalue weighted by molar-refractivity contribution is 0.393. The van der Waals surface area contributed by atoms with Crippen molar-refractivity contribution in [3.63, 3.8) is 0 Å². The normalized spacial score (nSPS) is 12.1. The summed E-state index contributed by atoms with van der Waals surface area (Å²) in [6.07, 6.45) is 0. The third kappa shape index (κ3) is 3.53. The molecule has 0 fully saturated rings. The van der Waals surface area contributed by atoms with Gasteiger partial charge in [-0.15, -0.1) is 0 Å². The zero-order valence-corrected chi connectivity index (χ0v) is 14.9. The molecule has 0 aliphatic heterocycles. The maximum absolute atomic E-state index is 6.40.